The fourth-order valence-corrected chi connectivity index (χ4v) is 3.67. The van der Waals surface area contributed by atoms with Gasteiger partial charge in [0.15, 0.2) is 0 Å². The van der Waals surface area contributed by atoms with E-state index in [1.165, 1.54) is 23.5 Å². The average Bonchev–Trinajstić information content (AvgIpc) is 2.65. The summed E-state index contributed by atoms with van der Waals surface area (Å²) in [6.07, 6.45) is 0. The van der Waals surface area contributed by atoms with Gasteiger partial charge in [-0.2, -0.15) is 0 Å². The molecule has 1 nitrogen and oxygen atoms in total. The van der Waals surface area contributed by atoms with Gasteiger partial charge in [0.05, 0.1) is 6.04 Å². The Bertz CT molecular complexity index is 548. The van der Waals surface area contributed by atoms with Crippen molar-refractivity contribution >= 4 is 38.9 Å². The Labute approximate surface area is 127 Å². The fraction of sp³-hybridized carbons (Fsp3) is 0.231. The van der Waals surface area contributed by atoms with Crippen molar-refractivity contribution < 1.29 is 8.78 Å². The molecular formula is C13H11BrClF2NS. The molecule has 2 rings (SSSR count). The molecule has 0 radical (unpaired) electrons. The first-order chi connectivity index (χ1) is 9.01. The lowest BCUT2D eigenvalue weighted by molar-refractivity contribution is 0.567. The summed E-state index contributed by atoms with van der Waals surface area (Å²) in [5.41, 5.74) is 0.546. The van der Waals surface area contributed by atoms with Gasteiger partial charge in [0.1, 0.15) is 16.0 Å². The zero-order chi connectivity index (χ0) is 14.0. The van der Waals surface area contributed by atoms with Crippen LogP contribution in [0, 0.1) is 11.6 Å². The molecule has 0 saturated carbocycles. The molecule has 0 bridgehead atoms. The fourth-order valence-electron chi connectivity index (χ4n) is 1.83. The Morgan fingerprint density at radius 3 is 2.37 bits per heavy atom. The molecule has 1 aromatic heterocycles. The van der Waals surface area contributed by atoms with Crippen LogP contribution in [0.3, 0.4) is 0 Å². The highest BCUT2D eigenvalue weighted by Gasteiger charge is 2.18. The molecule has 0 fully saturated rings. The molecular weight excluding hydrogens is 356 g/mol. The molecule has 19 heavy (non-hydrogen) atoms. The molecule has 0 aliphatic carbocycles. The monoisotopic (exact) mass is 365 g/mol. The third-order valence-electron chi connectivity index (χ3n) is 2.58. The second kappa shape index (κ2) is 6.31. The molecule has 1 aromatic carbocycles. The van der Waals surface area contributed by atoms with Crippen molar-refractivity contribution in [1.82, 2.24) is 5.32 Å². The van der Waals surface area contributed by atoms with Crippen LogP contribution < -0.4 is 5.32 Å². The van der Waals surface area contributed by atoms with Gasteiger partial charge >= 0.3 is 0 Å². The molecule has 1 atom stereocenters. The summed E-state index contributed by atoms with van der Waals surface area (Å²) in [6, 6.07) is 5.12. The SMILES string of the molecule is CCNC(c1cc(F)cc(F)c1)c1cc(Br)c(Cl)s1. The van der Waals surface area contributed by atoms with Gasteiger partial charge in [0.2, 0.25) is 0 Å². The summed E-state index contributed by atoms with van der Waals surface area (Å²) < 4.78 is 28.1. The predicted octanol–water partition coefficient (Wildman–Crippen LogP) is 5.14. The zero-order valence-electron chi connectivity index (χ0n) is 10.0. The third-order valence-corrected chi connectivity index (χ3v) is 5.11. The van der Waals surface area contributed by atoms with Crippen LogP contribution in [0.15, 0.2) is 28.7 Å². The summed E-state index contributed by atoms with van der Waals surface area (Å²) >= 11 is 10.7. The standard InChI is InChI=1S/C13H11BrClF2NS/c1-2-18-12(11-6-10(14)13(15)19-11)7-3-8(16)5-9(17)4-7/h3-6,12,18H,2H2,1H3. The second-order valence-corrected chi connectivity index (χ2v) is 6.50. The van der Waals surface area contributed by atoms with Crippen molar-refractivity contribution in [3.8, 4) is 0 Å². The quantitative estimate of drug-likeness (QED) is 0.790. The lowest BCUT2D eigenvalue weighted by atomic mass is 10.0. The molecule has 0 amide bonds. The predicted molar refractivity (Wildman–Crippen MR) is 78.9 cm³/mol. The molecule has 0 spiro atoms. The molecule has 6 heteroatoms. The molecule has 102 valence electrons. The average molecular weight is 367 g/mol. The van der Waals surface area contributed by atoms with Crippen LogP contribution in [-0.2, 0) is 0 Å². The first kappa shape index (κ1) is 14.9. The number of benzene rings is 1. The molecule has 0 aliphatic heterocycles. The first-order valence-electron chi connectivity index (χ1n) is 5.65. The van der Waals surface area contributed by atoms with Crippen LogP contribution in [0.1, 0.15) is 23.4 Å². The Balaban J connectivity index is 2.44. The number of halogens is 4. The summed E-state index contributed by atoms with van der Waals surface area (Å²) in [5, 5.41) is 3.21. The summed E-state index contributed by atoms with van der Waals surface area (Å²) in [7, 11) is 0. The number of hydrogen-bond acceptors (Lipinski definition) is 2. The van der Waals surface area contributed by atoms with Crippen molar-refractivity contribution in [3.05, 3.63) is 55.1 Å². The topological polar surface area (TPSA) is 12.0 Å². The van der Waals surface area contributed by atoms with Crippen LogP contribution >= 0.6 is 38.9 Å². The van der Waals surface area contributed by atoms with Gasteiger partial charge in [-0.25, -0.2) is 8.78 Å². The van der Waals surface area contributed by atoms with Crippen molar-refractivity contribution in [3.63, 3.8) is 0 Å². The van der Waals surface area contributed by atoms with E-state index in [1.807, 2.05) is 13.0 Å². The maximum atomic E-state index is 13.3. The highest BCUT2D eigenvalue weighted by Crippen LogP contribution is 2.37. The van der Waals surface area contributed by atoms with E-state index in [0.29, 0.717) is 16.4 Å². The van der Waals surface area contributed by atoms with E-state index >= 15 is 0 Å². The van der Waals surface area contributed by atoms with Crippen LogP contribution in [0.2, 0.25) is 4.34 Å². The maximum absolute atomic E-state index is 13.3. The number of rotatable bonds is 4. The molecule has 2 aromatic rings. The van der Waals surface area contributed by atoms with Gasteiger partial charge in [-0.1, -0.05) is 18.5 Å². The highest BCUT2D eigenvalue weighted by molar-refractivity contribution is 9.10. The zero-order valence-corrected chi connectivity index (χ0v) is 13.2. The second-order valence-electron chi connectivity index (χ2n) is 3.96. The summed E-state index contributed by atoms with van der Waals surface area (Å²) in [6.45, 7) is 2.61. The van der Waals surface area contributed by atoms with E-state index in [-0.39, 0.29) is 6.04 Å². The summed E-state index contributed by atoms with van der Waals surface area (Å²) in [5.74, 6) is -1.17. The van der Waals surface area contributed by atoms with E-state index in [4.69, 9.17) is 11.6 Å². The smallest absolute Gasteiger partial charge is 0.126 e. The highest BCUT2D eigenvalue weighted by atomic mass is 79.9. The minimum atomic E-state index is -0.584. The van der Waals surface area contributed by atoms with Gasteiger partial charge in [-0.05, 0) is 46.2 Å². The number of hydrogen-bond donors (Lipinski definition) is 1. The van der Waals surface area contributed by atoms with Gasteiger partial charge in [-0.15, -0.1) is 11.3 Å². The van der Waals surface area contributed by atoms with Crippen LogP contribution in [0.5, 0.6) is 0 Å². The molecule has 0 saturated heterocycles. The molecule has 1 heterocycles. The third kappa shape index (κ3) is 3.54. The van der Waals surface area contributed by atoms with Gasteiger partial charge in [0, 0.05) is 15.4 Å². The van der Waals surface area contributed by atoms with Crippen LogP contribution in [0.4, 0.5) is 8.78 Å². The van der Waals surface area contributed by atoms with Crippen molar-refractivity contribution in [2.45, 2.75) is 13.0 Å². The first-order valence-corrected chi connectivity index (χ1v) is 7.64. The lowest BCUT2D eigenvalue weighted by Crippen LogP contribution is -2.21. The minimum absolute atomic E-state index is 0.274. The van der Waals surface area contributed by atoms with E-state index in [1.54, 1.807) is 0 Å². The molecule has 0 aliphatic rings. The van der Waals surface area contributed by atoms with E-state index in [0.717, 1.165) is 15.4 Å². The van der Waals surface area contributed by atoms with E-state index in [2.05, 4.69) is 21.2 Å². The van der Waals surface area contributed by atoms with Crippen molar-refractivity contribution in [2.24, 2.45) is 0 Å². The largest absolute Gasteiger partial charge is 0.306 e. The maximum Gasteiger partial charge on any atom is 0.126 e. The number of thiophene rings is 1. The Kier molecular flexibility index (Phi) is 4.95. The van der Waals surface area contributed by atoms with Crippen LogP contribution in [0.25, 0.3) is 0 Å². The van der Waals surface area contributed by atoms with E-state index in [9.17, 15) is 8.78 Å². The normalized spacial score (nSPS) is 12.7. The Hall–Kier alpha value is -0.490. The Morgan fingerprint density at radius 2 is 1.89 bits per heavy atom. The summed E-state index contributed by atoms with van der Waals surface area (Å²) in [4.78, 5) is 0.906. The van der Waals surface area contributed by atoms with Crippen molar-refractivity contribution in [2.75, 3.05) is 6.54 Å². The minimum Gasteiger partial charge on any atom is -0.306 e. The van der Waals surface area contributed by atoms with Crippen molar-refractivity contribution in [1.29, 1.82) is 0 Å². The van der Waals surface area contributed by atoms with Crippen LogP contribution in [-0.4, -0.2) is 6.54 Å². The van der Waals surface area contributed by atoms with E-state index < -0.39 is 11.6 Å². The molecule has 1 unspecified atom stereocenters. The van der Waals surface area contributed by atoms with Gasteiger partial charge < -0.3 is 5.32 Å². The molecule has 1 N–H and O–H groups in total. The Morgan fingerprint density at radius 1 is 1.26 bits per heavy atom. The lowest BCUT2D eigenvalue weighted by Gasteiger charge is -2.17. The van der Waals surface area contributed by atoms with Gasteiger partial charge in [-0.3, -0.25) is 0 Å². The van der Waals surface area contributed by atoms with Gasteiger partial charge in [0.25, 0.3) is 0 Å². The number of nitrogens with one attached hydrogen (secondary N) is 1.